The Morgan fingerprint density at radius 3 is 2.29 bits per heavy atom. The van der Waals surface area contributed by atoms with Gasteiger partial charge in [0.15, 0.2) is 5.11 Å². The Bertz CT molecular complexity index is 389. The summed E-state index contributed by atoms with van der Waals surface area (Å²) in [7, 11) is 0. The molecule has 1 heterocycles. The summed E-state index contributed by atoms with van der Waals surface area (Å²) in [6.07, 6.45) is 6.43. The molecule has 2 amide bonds. The number of unbranched alkanes of at least 4 members (excludes halogenated alkanes) is 1. The third-order valence-electron chi connectivity index (χ3n) is 2.38. The number of rotatable bonds is 4. The Labute approximate surface area is 106 Å². The molecule has 0 unspecified atom stereocenters. The second kappa shape index (κ2) is 6.30. The lowest BCUT2D eigenvalue weighted by Gasteiger charge is -2.16. The third-order valence-corrected chi connectivity index (χ3v) is 2.58. The standard InChI is InChI=1S/C12H16N2O2S/c1-3-5-6-8(4-2)7-9-10(15)13-12(17)14-11(9)16/h6-7H,3-5H2,1-2H3,(H2,13,14,15,16,17)/b8-6+. The van der Waals surface area contributed by atoms with Gasteiger partial charge in [-0.1, -0.05) is 31.9 Å². The molecule has 0 saturated carbocycles. The molecule has 1 saturated heterocycles. The van der Waals surface area contributed by atoms with Crippen LogP contribution in [-0.2, 0) is 9.59 Å². The summed E-state index contributed by atoms with van der Waals surface area (Å²) in [4.78, 5) is 23.2. The average molecular weight is 252 g/mol. The molecule has 0 bridgehead atoms. The number of thiocarbonyl (C=S) groups is 1. The van der Waals surface area contributed by atoms with Gasteiger partial charge in [0.1, 0.15) is 5.57 Å². The van der Waals surface area contributed by atoms with Crippen molar-refractivity contribution in [3.8, 4) is 0 Å². The highest BCUT2D eigenvalue weighted by atomic mass is 32.1. The summed E-state index contributed by atoms with van der Waals surface area (Å²) in [5, 5.41) is 4.88. The van der Waals surface area contributed by atoms with Crippen molar-refractivity contribution in [3.05, 3.63) is 23.3 Å². The molecule has 1 aliphatic heterocycles. The fraction of sp³-hybridized carbons (Fsp3) is 0.417. The first-order valence-corrected chi connectivity index (χ1v) is 6.06. The number of allylic oxidation sites excluding steroid dienone is 3. The maximum Gasteiger partial charge on any atom is 0.263 e. The van der Waals surface area contributed by atoms with Gasteiger partial charge in [-0.3, -0.25) is 20.2 Å². The average Bonchev–Trinajstić information content (AvgIpc) is 2.27. The van der Waals surface area contributed by atoms with E-state index in [0.717, 1.165) is 24.8 Å². The van der Waals surface area contributed by atoms with Crippen LogP contribution in [0.4, 0.5) is 0 Å². The maximum atomic E-state index is 11.6. The first kappa shape index (κ1) is 13.6. The predicted octanol–water partition coefficient (Wildman–Crippen LogP) is 1.58. The van der Waals surface area contributed by atoms with Crippen LogP contribution >= 0.6 is 12.2 Å². The number of carbonyl (C=O) groups is 2. The summed E-state index contributed by atoms with van der Waals surface area (Å²) in [6, 6.07) is 0. The van der Waals surface area contributed by atoms with E-state index in [1.807, 2.05) is 13.0 Å². The summed E-state index contributed by atoms with van der Waals surface area (Å²) < 4.78 is 0. The number of hydrogen-bond donors (Lipinski definition) is 2. The molecule has 0 aliphatic carbocycles. The predicted molar refractivity (Wildman–Crippen MR) is 70.2 cm³/mol. The quantitative estimate of drug-likeness (QED) is 0.454. The van der Waals surface area contributed by atoms with E-state index in [4.69, 9.17) is 12.2 Å². The zero-order valence-corrected chi connectivity index (χ0v) is 10.8. The van der Waals surface area contributed by atoms with E-state index in [-0.39, 0.29) is 10.7 Å². The van der Waals surface area contributed by atoms with E-state index < -0.39 is 11.8 Å². The smallest absolute Gasteiger partial charge is 0.263 e. The minimum absolute atomic E-state index is 0.0627. The van der Waals surface area contributed by atoms with E-state index in [9.17, 15) is 9.59 Å². The molecule has 1 rings (SSSR count). The van der Waals surface area contributed by atoms with Crippen LogP contribution in [0, 0.1) is 0 Å². The molecule has 92 valence electrons. The number of amides is 2. The molecule has 17 heavy (non-hydrogen) atoms. The van der Waals surface area contributed by atoms with Gasteiger partial charge in [0.05, 0.1) is 0 Å². The van der Waals surface area contributed by atoms with Crippen molar-refractivity contribution in [2.24, 2.45) is 0 Å². The van der Waals surface area contributed by atoms with Gasteiger partial charge in [0.25, 0.3) is 11.8 Å². The SMILES string of the molecule is CCC/C=C(/C=C1C(=O)NC(=S)NC1=O)CC. The van der Waals surface area contributed by atoms with Gasteiger partial charge >= 0.3 is 0 Å². The van der Waals surface area contributed by atoms with Crippen molar-refractivity contribution in [1.82, 2.24) is 10.6 Å². The van der Waals surface area contributed by atoms with Crippen molar-refractivity contribution in [2.45, 2.75) is 33.1 Å². The molecule has 0 aromatic carbocycles. The zero-order chi connectivity index (χ0) is 12.8. The molecule has 1 fully saturated rings. The molecule has 5 heteroatoms. The Morgan fingerprint density at radius 2 is 1.82 bits per heavy atom. The van der Waals surface area contributed by atoms with Crippen molar-refractivity contribution in [3.63, 3.8) is 0 Å². The van der Waals surface area contributed by atoms with Crippen LogP contribution in [0.5, 0.6) is 0 Å². The lowest BCUT2D eigenvalue weighted by Crippen LogP contribution is -2.51. The first-order valence-electron chi connectivity index (χ1n) is 5.65. The summed E-state index contributed by atoms with van der Waals surface area (Å²) in [5.41, 5.74) is 1.10. The van der Waals surface area contributed by atoms with Crippen LogP contribution in [0.1, 0.15) is 33.1 Å². The highest BCUT2D eigenvalue weighted by Gasteiger charge is 2.25. The zero-order valence-electron chi connectivity index (χ0n) is 10.0. The van der Waals surface area contributed by atoms with Crippen molar-refractivity contribution < 1.29 is 9.59 Å². The highest BCUT2D eigenvalue weighted by molar-refractivity contribution is 7.80. The van der Waals surface area contributed by atoms with Crippen LogP contribution in [0.3, 0.4) is 0 Å². The minimum Gasteiger partial charge on any atom is -0.299 e. The second-order valence-corrected chi connectivity index (χ2v) is 4.12. The third kappa shape index (κ3) is 3.78. The molecule has 0 aromatic heterocycles. The van der Waals surface area contributed by atoms with Crippen molar-refractivity contribution in [1.29, 1.82) is 0 Å². The fourth-order valence-corrected chi connectivity index (χ4v) is 1.61. The van der Waals surface area contributed by atoms with Crippen LogP contribution in [0.15, 0.2) is 23.3 Å². The topological polar surface area (TPSA) is 58.2 Å². The van der Waals surface area contributed by atoms with Crippen molar-refractivity contribution in [2.75, 3.05) is 0 Å². The van der Waals surface area contributed by atoms with Gasteiger partial charge in [0.2, 0.25) is 0 Å². The first-order chi connectivity index (χ1) is 8.08. The van der Waals surface area contributed by atoms with E-state index in [0.29, 0.717) is 0 Å². The summed E-state index contributed by atoms with van der Waals surface area (Å²) in [5.74, 6) is -0.871. The van der Waals surface area contributed by atoms with E-state index in [1.54, 1.807) is 6.08 Å². The van der Waals surface area contributed by atoms with Gasteiger partial charge < -0.3 is 0 Å². The Morgan fingerprint density at radius 1 is 1.24 bits per heavy atom. The van der Waals surface area contributed by atoms with Gasteiger partial charge in [-0.05, 0) is 31.1 Å². The van der Waals surface area contributed by atoms with E-state index in [1.165, 1.54) is 0 Å². The number of nitrogens with one attached hydrogen (secondary N) is 2. The second-order valence-electron chi connectivity index (χ2n) is 3.72. The highest BCUT2D eigenvalue weighted by Crippen LogP contribution is 2.11. The monoisotopic (exact) mass is 252 g/mol. The molecule has 2 N–H and O–H groups in total. The van der Waals surface area contributed by atoms with Crippen LogP contribution in [-0.4, -0.2) is 16.9 Å². The molecular weight excluding hydrogens is 236 g/mol. The number of hydrogen-bond acceptors (Lipinski definition) is 3. The summed E-state index contributed by atoms with van der Waals surface area (Å²) >= 11 is 4.72. The van der Waals surface area contributed by atoms with Gasteiger partial charge in [0, 0.05) is 0 Å². The largest absolute Gasteiger partial charge is 0.299 e. The van der Waals surface area contributed by atoms with Crippen LogP contribution in [0.25, 0.3) is 0 Å². The number of carbonyl (C=O) groups excluding carboxylic acids is 2. The van der Waals surface area contributed by atoms with Crippen LogP contribution in [0.2, 0.25) is 0 Å². The molecule has 0 aromatic rings. The normalized spacial score (nSPS) is 16.7. The Balaban J connectivity index is 2.92. The lowest BCUT2D eigenvalue weighted by molar-refractivity contribution is -0.123. The molecule has 4 nitrogen and oxygen atoms in total. The molecular formula is C12H16N2O2S. The Kier molecular flexibility index (Phi) is 5.03. The molecule has 0 spiro atoms. The van der Waals surface area contributed by atoms with E-state index in [2.05, 4.69) is 17.6 Å². The Hall–Kier alpha value is -1.49. The molecule has 0 radical (unpaired) electrons. The molecule has 1 aliphatic rings. The fourth-order valence-electron chi connectivity index (χ4n) is 1.43. The van der Waals surface area contributed by atoms with Crippen LogP contribution < -0.4 is 10.6 Å². The minimum atomic E-state index is -0.436. The maximum absolute atomic E-state index is 11.6. The van der Waals surface area contributed by atoms with Gasteiger partial charge in [-0.2, -0.15) is 0 Å². The summed E-state index contributed by atoms with van der Waals surface area (Å²) in [6.45, 7) is 4.07. The molecule has 0 atom stereocenters. The van der Waals surface area contributed by atoms with Gasteiger partial charge in [-0.25, -0.2) is 0 Å². The lowest BCUT2D eigenvalue weighted by atomic mass is 10.1. The van der Waals surface area contributed by atoms with E-state index >= 15 is 0 Å². The van der Waals surface area contributed by atoms with Gasteiger partial charge in [-0.15, -0.1) is 0 Å². The van der Waals surface area contributed by atoms with Crippen molar-refractivity contribution >= 4 is 29.1 Å².